The standard InChI is InChI=1S/C17H13N7O5S/c1-30-16-19-20-21-23(16)11-4-2-3-10(7-11)18-15(25)9-22-13-6-5-12(24(27)28)8-14(13)29-17(22)26/h2-8H,9H2,1H3,(H,18,25). The van der Waals surface area contributed by atoms with E-state index in [9.17, 15) is 19.7 Å². The second kappa shape index (κ2) is 7.79. The number of nitro benzene ring substituents is 1. The number of aromatic nitrogens is 5. The average Bonchev–Trinajstić information content (AvgIpc) is 3.32. The third-order valence-electron chi connectivity index (χ3n) is 4.16. The van der Waals surface area contributed by atoms with E-state index in [4.69, 9.17) is 4.42 Å². The molecule has 1 N–H and O–H groups in total. The Labute approximate surface area is 171 Å². The zero-order valence-corrected chi connectivity index (χ0v) is 16.2. The van der Waals surface area contributed by atoms with E-state index in [1.54, 1.807) is 24.3 Å². The lowest BCUT2D eigenvalue weighted by atomic mass is 10.2. The van der Waals surface area contributed by atoms with Crippen LogP contribution in [0.4, 0.5) is 11.4 Å². The number of thioether (sulfide) groups is 1. The minimum Gasteiger partial charge on any atom is -0.407 e. The van der Waals surface area contributed by atoms with Gasteiger partial charge in [0.2, 0.25) is 11.1 Å². The molecule has 0 aliphatic carbocycles. The SMILES string of the molecule is CSc1nnnn1-c1cccc(NC(=O)Cn2c(=O)oc3cc([N+](=O)[O-])ccc32)c1. The van der Waals surface area contributed by atoms with Gasteiger partial charge >= 0.3 is 5.76 Å². The average molecular weight is 427 g/mol. The van der Waals surface area contributed by atoms with Gasteiger partial charge in [-0.1, -0.05) is 17.8 Å². The van der Waals surface area contributed by atoms with Crippen molar-refractivity contribution in [2.24, 2.45) is 0 Å². The highest BCUT2D eigenvalue weighted by molar-refractivity contribution is 7.98. The third-order valence-corrected chi connectivity index (χ3v) is 4.78. The van der Waals surface area contributed by atoms with Crippen molar-refractivity contribution in [3.8, 4) is 5.69 Å². The van der Waals surface area contributed by atoms with E-state index in [1.165, 1.54) is 28.6 Å². The molecule has 4 rings (SSSR count). The van der Waals surface area contributed by atoms with Gasteiger partial charge in [0.05, 0.1) is 22.2 Å². The van der Waals surface area contributed by atoms with Gasteiger partial charge in [0.15, 0.2) is 5.58 Å². The van der Waals surface area contributed by atoms with Crippen molar-refractivity contribution in [2.75, 3.05) is 11.6 Å². The number of non-ortho nitro benzene ring substituents is 1. The Morgan fingerprint density at radius 2 is 2.13 bits per heavy atom. The minimum atomic E-state index is -0.785. The summed E-state index contributed by atoms with van der Waals surface area (Å²) in [5.74, 6) is -1.26. The summed E-state index contributed by atoms with van der Waals surface area (Å²) in [4.78, 5) is 34.9. The van der Waals surface area contributed by atoms with Gasteiger partial charge in [-0.05, 0) is 40.9 Å². The topological polar surface area (TPSA) is 151 Å². The fourth-order valence-electron chi connectivity index (χ4n) is 2.85. The van der Waals surface area contributed by atoms with Gasteiger partial charge in [-0.15, -0.1) is 5.10 Å². The number of rotatable bonds is 6. The molecule has 13 heteroatoms. The molecule has 4 aromatic rings. The zero-order valence-electron chi connectivity index (χ0n) is 15.4. The van der Waals surface area contributed by atoms with Crippen molar-refractivity contribution in [1.29, 1.82) is 0 Å². The van der Waals surface area contributed by atoms with Crippen molar-refractivity contribution in [1.82, 2.24) is 24.8 Å². The number of nitrogens with one attached hydrogen (secondary N) is 1. The Bertz CT molecular complexity index is 1330. The van der Waals surface area contributed by atoms with E-state index in [-0.39, 0.29) is 23.3 Å². The number of nitro groups is 1. The van der Waals surface area contributed by atoms with E-state index >= 15 is 0 Å². The van der Waals surface area contributed by atoms with Crippen LogP contribution >= 0.6 is 11.8 Å². The molecule has 0 aliphatic heterocycles. The van der Waals surface area contributed by atoms with Crippen LogP contribution < -0.4 is 11.1 Å². The van der Waals surface area contributed by atoms with E-state index < -0.39 is 16.6 Å². The summed E-state index contributed by atoms with van der Waals surface area (Å²) >= 11 is 1.37. The Morgan fingerprint density at radius 1 is 1.30 bits per heavy atom. The van der Waals surface area contributed by atoms with Crippen LogP contribution in [0.1, 0.15) is 0 Å². The first-order valence-corrected chi connectivity index (χ1v) is 9.69. The predicted molar refractivity (Wildman–Crippen MR) is 107 cm³/mol. The largest absolute Gasteiger partial charge is 0.420 e. The highest BCUT2D eigenvalue weighted by Gasteiger charge is 2.16. The molecule has 1 amide bonds. The Kier molecular flexibility index (Phi) is 5.02. The molecule has 0 radical (unpaired) electrons. The molecule has 0 saturated heterocycles. The second-order valence-electron chi connectivity index (χ2n) is 6.04. The highest BCUT2D eigenvalue weighted by atomic mass is 32.2. The molecular formula is C17H13N7O5S. The Balaban J connectivity index is 1.56. The summed E-state index contributed by atoms with van der Waals surface area (Å²) in [6.45, 7) is -0.325. The van der Waals surface area contributed by atoms with Crippen LogP contribution in [0.25, 0.3) is 16.8 Å². The number of carbonyl (C=O) groups is 1. The predicted octanol–water partition coefficient (Wildman–Crippen LogP) is 1.84. The molecule has 0 aliphatic rings. The molecule has 30 heavy (non-hydrogen) atoms. The van der Waals surface area contributed by atoms with Crippen molar-refractivity contribution >= 4 is 40.1 Å². The zero-order chi connectivity index (χ0) is 21.3. The number of amides is 1. The van der Waals surface area contributed by atoms with Gasteiger partial charge in [-0.25, -0.2) is 4.79 Å². The lowest BCUT2D eigenvalue weighted by molar-refractivity contribution is -0.384. The van der Waals surface area contributed by atoms with Crippen molar-refractivity contribution in [3.63, 3.8) is 0 Å². The van der Waals surface area contributed by atoms with E-state index in [1.807, 2.05) is 6.26 Å². The van der Waals surface area contributed by atoms with E-state index in [0.29, 0.717) is 16.5 Å². The van der Waals surface area contributed by atoms with Gasteiger partial charge in [-0.3, -0.25) is 19.5 Å². The third kappa shape index (κ3) is 3.65. The second-order valence-corrected chi connectivity index (χ2v) is 6.81. The van der Waals surface area contributed by atoms with E-state index in [2.05, 4.69) is 20.8 Å². The van der Waals surface area contributed by atoms with Gasteiger partial charge < -0.3 is 9.73 Å². The van der Waals surface area contributed by atoms with Crippen molar-refractivity contribution < 1.29 is 14.1 Å². The van der Waals surface area contributed by atoms with Gasteiger partial charge in [0.25, 0.3) is 5.69 Å². The van der Waals surface area contributed by atoms with E-state index in [0.717, 1.165) is 10.6 Å². The van der Waals surface area contributed by atoms with Crippen LogP contribution in [0.5, 0.6) is 0 Å². The number of anilines is 1. The Hall–Kier alpha value is -4.00. The Morgan fingerprint density at radius 3 is 2.90 bits per heavy atom. The molecule has 0 saturated carbocycles. The molecule has 2 aromatic carbocycles. The van der Waals surface area contributed by atoms with Crippen LogP contribution in [-0.4, -0.2) is 41.9 Å². The van der Waals surface area contributed by atoms with Crippen LogP contribution in [0.2, 0.25) is 0 Å². The van der Waals surface area contributed by atoms with Crippen LogP contribution in [-0.2, 0) is 11.3 Å². The summed E-state index contributed by atoms with van der Waals surface area (Å²) in [5.41, 5.74) is 1.24. The molecule has 0 spiro atoms. The van der Waals surface area contributed by atoms with Crippen LogP contribution in [0.3, 0.4) is 0 Å². The lowest BCUT2D eigenvalue weighted by Gasteiger charge is -2.08. The number of hydrogen-bond acceptors (Lipinski definition) is 9. The molecule has 0 fully saturated rings. The molecule has 2 aromatic heterocycles. The quantitative estimate of drug-likeness (QED) is 0.276. The number of tetrazole rings is 1. The number of carbonyl (C=O) groups excluding carboxylic acids is 1. The maximum Gasteiger partial charge on any atom is 0.420 e. The summed E-state index contributed by atoms with van der Waals surface area (Å²) < 4.78 is 7.66. The smallest absolute Gasteiger partial charge is 0.407 e. The summed E-state index contributed by atoms with van der Waals surface area (Å²) in [5, 5.41) is 25.6. The molecule has 0 atom stereocenters. The normalized spacial score (nSPS) is 11.0. The maximum atomic E-state index is 12.5. The summed E-state index contributed by atoms with van der Waals surface area (Å²) in [7, 11) is 0. The van der Waals surface area contributed by atoms with Crippen LogP contribution in [0.15, 0.2) is 56.8 Å². The highest BCUT2D eigenvalue weighted by Crippen LogP contribution is 2.21. The number of hydrogen-bond donors (Lipinski definition) is 1. The minimum absolute atomic E-state index is 0.0345. The monoisotopic (exact) mass is 427 g/mol. The summed E-state index contributed by atoms with van der Waals surface area (Å²) in [6, 6.07) is 10.6. The number of nitrogens with zero attached hydrogens (tertiary/aromatic N) is 6. The van der Waals surface area contributed by atoms with Crippen molar-refractivity contribution in [2.45, 2.75) is 11.7 Å². The number of oxazole rings is 1. The van der Waals surface area contributed by atoms with Gasteiger partial charge in [0, 0.05) is 11.8 Å². The fourth-order valence-corrected chi connectivity index (χ4v) is 3.28. The van der Waals surface area contributed by atoms with Crippen molar-refractivity contribution in [3.05, 3.63) is 63.1 Å². The molecule has 12 nitrogen and oxygen atoms in total. The van der Waals surface area contributed by atoms with Crippen LogP contribution in [0, 0.1) is 10.1 Å². The first-order valence-electron chi connectivity index (χ1n) is 8.46. The first-order chi connectivity index (χ1) is 14.5. The molecule has 0 bridgehead atoms. The molecule has 2 heterocycles. The number of fused-ring (bicyclic) bond motifs is 1. The van der Waals surface area contributed by atoms with Gasteiger partial charge in [-0.2, -0.15) is 4.68 Å². The summed E-state index contributed by atoms with van der Waals surface area (Å²) in [6.07, 6.45) is 1.84. The molecular weight excluding hydrogens is 414 g/mol. The lowest BCUT2D eigenvalue weighted by Crippen LogP contribution is -2.24. The fraction of sp³-hybridized carbons (Fsp3) is 0.118. The maximum absolute atomic E-state index is 12.5. The molecule has 0 unspecified atom stereocenters. The number of benzene rings is 2. The molecule has 152 valence electrons. The van der Waals surface area contributed by atoms with Gasteiger partial charge in [0.1, 0.15) is 6.54 Å². The first kappa shape index (κ1) is 19.3.